The lowest BCUT2D eigenvalue weighted by Gasteiger charge is -2.34. The van der Waals surface area contributed by atoms with Gasteiger partial charge < -0.3 is 5.32 Å². The van der Waals surface area contributed by atoms with E-state index in [-0.39, 0.29) is 17.8 Å². The molecule has 1 atom stereocenters. The molecule has 2 fully saturated rings. The van der Waals surface area contributed by atoms with Gasteiger partial charge in [-0.3, -0.25) is 4.79 Å². The molecule has 0 aliphatic heterocycles. The number of benzene rings is 1. The Balaban J connectivity index is 1.51. The number of halogens is 1. The van der Waals surface area contributed by atoms with Gasteiger partial charge in [-0.05, 0) is 49.3 Å². The molecule has 1 aromatic carbocycles. The molecule has 0 saturated heterocycles. The van der Waals surface area contributed by atoms with Crippen LogP contribution in [-0.4, -0.2) is 10.9 Å². The summed E-state index contributed by atoms with van der Waals surface area (Å²) >= 11 is 1.51. The number of nitrogens with one attached hydrogen (secondary N) is 1. The van der Waals surface area contributed by atoms with Gasteiger partial charge in [0, 0.05) is 5.92 Å². The Bertz CT molecular complexity index is 704. The summed E-state index contributed by atoms with van der Waals surface area (Å²) in [4.78, 5) is 17.6. The fourth-order valence-electron chi connectivity index (χ4n) is 3.04. The van der Waals surface area contributed by atoms with Crippen LogP contribution in [0.15, 0.2) is 30.5 Å². The van der Waals surface area contributed by atoms with E-state index < -0.39 is 0 Å². The van der Waals surface area contributed by atoms with Crippen LogP contribution in [0.4, 0.5) is 4.39 Å². The highest BCUT2D eigenvalue weighted by Crippen LogP contribution is 2.42. The van der Waals surface area contributed by atoms with Crippen LogP contribution in [0.2, 0.25) is 0 Å². The Hall–Kier alpha value is -1.75. The minimum absolute atomic E-state index is 0.0386. The smallest absolute Gasteiger partial charge is 0.263 e. The van der Waals surface area contributed by atoms with Crippen molar-refractivity contribution in [3.8, 4) is 0 Å². The van der Waals surface area contributed by atoms with Crippen molar-refractivity contribution in [3.63, 3.8) is 0 Å². The maximum Gasteiger partial charge on any atom is 0.263 e. The highest BCUT2D eigenvalue weighted by Gasteiger charge is 2.31. The van der Waals surface area contributed by atoms with E-state index in [1.54, 1.807) is 18.3 Å². The molecule has 1 amide bonds. The summed E-state index contributed by atoms with van der Waals surface area (Å²) in [5.74, 6) is 0.709. The minimum Gasteiger partial charge on any atom is -0.344 e. The first-order valence-electron chi connectivity index (χ1n) is 8.23. The Kier molecular flexibility index (Phi) is 3.89. The third kappa shape index (κ3) is 3.15. The quantitative estimate of drug-likeness (QED) is 0.881. The molecule has 2 aliphatic carbocycles. The van der Waals surface area contributed by atoms with E-state index in [1.807, 2.05) is 0 Å². The molecule has 23 heavy (non-hydrogen) atoms. The van der Waals surface area contributed by atoms with Gasteiger partial charge in [0.25, 0.3) is 5.91 Å². The van der Waals surface area contributed by atoms with Gasteiger partial charge in [0.15, 0.2) is 0 Å². The van der Waals surface area contributed by atoms with Crippen LogP contribution in [0.25, 0.3) is 0 Å². The van der Waals surface area contributed by atoms with Crippen molar-refractivity contribution in [1.29, 1.82) is 0 Å². The Morgan fingerprint density at radius 3 is 2.57 bits per heavy atom. The molecule has 1 aromatic heterocycles. The molecule has 1 N–H and O–H groups in total. The number of carbonyl (C=O) groups excluding carboxylic acids is 1. The molecule has 2 aliphatic rings. The molecule has 1 heterocycles. The van der Waals surface area contributed by atoms with Crippen molar-refractivity contribution in [2.75, 3.05) is 0 Å². The molecule has 4 rings (SSSR count). The third-order valence-electron chi connectivity index (χ3n) is 4.81. The molecule has 2 saturated carbocycles. The monoisotopic (exact) mass is 330 g/mol. The van der Waals surface area contributed by atoms with E-state index in [1.165, 1.54) is 42.7 Å². The van der Waals surface area contributed by atoms with Crippen LogP contribution in [-0.2, 0) is 0 Å². The number of carbonyl (C=O) groups is 1. The van der Waals surface area contributed by atoms with Crippen LogP contribution in [0, 0.1) is 11.7 Å². The lowest BCUT2D eigenvalue weighted by Crippen LogP contribution is -2.36. The van der Waals surface area contributed by atoms with E-state index >= 15 is 0 Å². The lowest BCUT2D eigenvalue weighted by molar-refractivity contribution is 0.0904. The summed E-state index contributed by atoms with van der Waals surface area (Å²) in [7, 11) is 0. The van der Waals surface area contributed by atoms with Gasteiger partial charge in [0.2, 0.25) is 0 Å². The van der Waals surface area contributed by atoms with Crippen molar-refractivity contribution < 1.29 is 9.18 Å². The van der Waals surface area contributed by atoms with Crippen LogP contribution in [0.5, 0.6) is 0 Å². The zero-order chi connectivity index (χ0) is 15.8. The first-order valence-corrected chi connectivity index (χ1v) is 9.04. The van der Waals surface area contributed by atoms with Gasteiger partial charge in [0.05, 0.1) is 17.2 Å². The molecule has 5 heteroatoms. The average Bonchev–Trinajstić information content (AvgIpc) is 3.23. The molecule has 120 valence electrons. The average molecular weight is 330 g/mol. The van der Waals surface area contributed by atoms with E-state index in [4.69, 9.17) is 0 Å². The van der Waals surface area contributed by atoms with Crippen molar-refractivity contribution >= 4 is 17.2 Å². The molecule has 0 bridgehead atoms. The topological polar surface area (TPSA) is 42.0 Å². The van der Waals surface area contributed by atoms with Crippen molar-refractivity contribution in [2.24, 2.45) is 5.92 Å². The number of hydrogen-bond acceptors (Lipinski definition) is 3. The molecule has 3 nitrogen and oxygen atoms in total. The zero-order valence-electron chi connectivity index (χ0n) is 12.8. The molecular weight excluding hydrogens is 311 g/mol. The maximum absolute atomic E-state index is 13.2. The fraction of sp³-hybridized carbons (Fsp3) is 0.444. The summed E-state index contributed by atoms with van der Waals surface area (Å²) in [5.41, 5.74) is 0.983. The highest BCUT2D eigenvalue weighted by molar-refractivity contribution is 7.13. The van der Waals surface area contributed by atoms with Crippen molar-refractivity contribution in [1.82, 2.24) is 10.3 Å². The van der Waals surface area contributed by atoms with E-state index in [2.05, 4.69) is 10.3 Å². The van der Waals surface area contributed by atoms with Gasteiger partial charge >= 0.3 is 0 Å². The standard InChI is InChI=1S/C18H19FN2OS/c19-14-8-6-12(7-9-14)16(11-2-1-3-11)21-17(22)15-10-20-18(23-15)13-4-5-13/h6-11,13,16H,1-5H2,(H,21,22). The summed E-state index contributed by atoms with van der Waals surface area (Å²) in [6, 6.07) is 6.45. The number of aromatic nitrogens is 1. The molecule has 0 spiro atoms. The minimum atomic E-state index is -0.246. The zero-order valence-corrected chi connectivity index (χ0v) is 13.6. The van der Waals surface area contributed by atoms with Gasteiger partial charge in [0.1, 0.15) is 10.7 Å². The van der Waals surface area contributed by atoms with Crippen molar-refractivity contribution in [3.05, 3.63) is 51.7 Å². The molecular formula is C18H19FN2OS. The first kappa shape index (κ1) is 14.8. The Morgan fingerprint density at radius 2 is 1.96 bits per heavy atom. The van der Waals surface area contributed by atoms with Crippen LogP contribution < -0.4 is 5.32 Å². The Labute approximate surface area is 138 Å². The van der Waals surface area contributed by atoms with Crippen molar-refractivity contribution in [2.45, 2.75) is 44.1 Å². The normalized spacial score (nSPS) is 19.2. The number of hydrogen-bond donors (Lipinski definition) is 1. The number of amides is 1. The molecule has 0 radical (unpaired) electrons. The van der Waals surface area contributed by atoms with Crippen LogP contribution >= 0.6 is 11.3 Å². The number of thiazole rings is 1. The predicted octanol–water partition coefficient (Wildman–Crippen LogP) is 4.43. The van der Waals surface area contributed by atoms with Gasteiger partial charge in [-0.2, -0.15) is 0 Å². The van der Waals surface area contributed by atoms with Gasteiger partial charge in [-0.25, -0.2) is 9.37 Å². The lowest BCUT2D eigenvalue weighted by atomic mass is 9.77. The first-order chi connectivity index (χ1) is 11.2. The fourth-order valence-corrected chi connectivity index (χ4v) is 4.03. The van der Waals surface area contributed by atoms with E-state index in [0.717, 1.165) is 23.4 Å². The Morgan fingerprint density at radius 1 is 1.22 bits per heavy atom. The predicted molar refractivity (Wildman–Crippen MR) is 88.0 cm³/mol. The van der Waals surface area contributed by atoms with Crippen LogP contribution in [0.3, 0.4) is 0 Å². The van der Waals surface area contributed by atoms with E-state index in [0.29, 0.717) is 16.7 Å². The van der Waals surface area contributed by atoms with Gasteiger partial charge in [-0.15, -0.1) is 11.3 Å². The summed E-state index contributed by atoms with van der Waals surface area (Å²) < 4.78 is 13.2. The second kappa shape index (κ2) is 6.04. The second-order valence-electron chi connectivity index (χ2n) is 6.53. The highest BCUT2D eigenvalue weighted by atomic mass is 32.1. The van der Waals surface area contributed by atoms with Crippen LogP contribution in [0.1, 0.15) is 64.3 Å². The molecule has 2 aromatic rings. The maximum atomic E-state index is 13.2. The third-order valence-corrected chi connectivity index (χ3v) is 5.97. The summed E-state index contributed by atoms with van der Waals surface area (Å²) in [6.45, 7) is 0. The molecule has 1 unspecified atom stereocenters. The SMILES string of the molecule is O=C(NC(c1ccc(F)cc1)C1CCC1)c1cnc(C2CC2)s1. The second-order valence-corrected chi connectivity index (χ2v) is 7.59. The van der Waals surface area contributed by atoms with Gasteiger partial charge in [-0.1, -0.05) is 18.6 Å². The summed E-state index contributed by atoms with van der Waals surface area (Å²) in [6.07, 6.45) is 7.49. The summed E-state index contributed by atoms with van der Waals surface area (Å²) in [5, 5.41) is 4.23. The largest absolute Gasteiger partial charge is 0.344 e. The van der Waals surface area contributed by atoms with E-state index in [9.17, 15) is 9.18 Å². The number of rotatable bonds is 5. The number of nitrogens with zero attached hydrogens (tertiary/aromatic N) is 1.